The quantitative estimate of drug-likeness (QED) is 0.701. The van der Waals surface area contributed by atoms with Crippen LogP contribution in [-0.2, 0) is 4.79 Å². The summed E-state index contributed by atoms with van der Waals surface area (Å²) in [6, 6.07) is 0. The van der Waals surface area contributed by atoms with E-state index >= 15 is 0 Å². The molecular formula is C11H20BrNO. The Hall–Kier alpha value is -0.0500. The SMILES string of the molecule is CC(C)C(Br)C(=O)N1CCCC1(C)C. The van der Waals surface area contributed by atoms with Gasteiger partial charge in [0.05, 0.1) is 4.83 Å². The molecule has 2 nitrogen and oxygen atoms in total. The van der Waals surface area contributed by atoms with E-state index in [0.29, 0.717) is 5.92 Å². The fraction of sp³-hybridized carbons (Fsp3) is 0.909. The van der Waals surface area contributed by atoms with E-state index in [1.807, 2.05) is 4.90 Å². The molecule has 0 aromatic rings. The normalized spacial score (nSPS) is 22.9. The molecule has 1 rings (SSSR count). The van der Waals surface area contributed by atoms with Crippen LogP contribution in [0.2, 0.25) is 0 Å². The molecule has 3 heteroatoms. The maximum Gasteiger partial charge on any atom is 0.237 e. The maximum absolute atomic E-state index is 12.1. The van der Waals surface area contributed by atoms with Crippen LogP contribution in [0.4, 0.5) is 0 Å². The second-order valence-electron chi connectivity index (χ2n) is 5.05. The van der Waals surface area contributed by atoms with Crippen molar-refractivity contribution in [2.24, 2.45) is 5.92 Å². The zero-order chi connectivity index (χ0) is 10.9. The number of hydrogen-bond acceptors (Lipinski definition) is 1. The summed E-state index contributed by atoms with van der Waals surface area (Å²) in [4.78, 5) is 14.1. The highest BCUT2D eigenvalue weighted by molar-refractivity contribution is 9.10. The van der Waals surface area contributed by atoms with Crippen LogP contribution in [0.15, 0.2) is 0 Å². The summed E-state index contributed by atoms with van der Waals surface area (Å²) in [5.41, 5.74) is 0.0536. The topological polar surface area (TPSA) is 20.3 Å². The zero-order valence-electron chi connectivity index (χ0n) is 9.51. The molecule has 1 amide bonds. The molecule has 0 N–H and O–H groups in total. The second-order valence-corrected chi connectivity index (χ2v) is 6.04. The van der Waals surface area contributed by atoms with Crippen LogP contribution in [0.25, 0.3) is 0 Å². The molecule has 1 fully saturated rings. The van der Waals surface area contributed by atoms with E-state index < -0.39 is 0 Å². The van der Waals surface area contributed by atoms with Gasteiger partial charge in [-0.05, 0) is 32.6 Å². The van der Waals surface area contributed by atoms with E-state index in [1.165, 1.54) is 0 Å². The molecule has 1 aliphatic rings. The Morgan fingerprint density at radius 3 is 2.36 bits per heavy atom. The van der Waals surface area contributed by atoms with Crippen LogP contribution in [0, 0.1) is 5.92 Å². The van der Waals surface area contributed by atoms with Crippen molar-refractivity contribution in [3.63, 3.8) is 0 Å². The Morgan fingerprint density at radius 1 is 1.43 bits per heavy atom. The number of hydrogen-bond donors (Lipinski definition) is 0. The van der Waals surface area contributed by atoms with E-state index in [9.17, 15) is 4.79 Å². The van der Waals surface area contributed by atoms with Crippen molar-refractivity contribution in [2.75, 3.05) is 6.54 Å². The number of halogens is 1. The first-order chi connectivity index (χ1) is 6.36. The van der Waals surface area contributed by atoms with Crippen molar-refractivity contribution < 1.29 is 4.79 Å². The van der Waals surface area contributed by atoms with Crippen molar-refractivity contribution in [1.29, 1.82) is 0 Å². The fourth-order valence-electron chi connectivity index (χ4n) is 1.95. The lowest BCUT2D eigenvalue weighted by molar-refractivity contribution is -0.134. The second kappa shape index (κ2) is 4.21. The van der Waals surface area contributed by atoms with Gasteiger partial charge in [-0.1, -0.05) is 29.8 Å². The lowest BCUT2D eigenvalue weighted by Gasteiger charge is -2.34. The number of likely N-dealkylation sites (tertiary alicyclic amines) is 1. The van der Waals surface area contributed by atoms with Crippen LogP contribution in [0.5, 0.6) is 0 Å². The lowest BCUT2D eigenvalue weighted by atomic mass is 10.0. The Morgan fingerprint density at radius 2 is 2.00 bits per heavy atom. The zero-order valence-corrected chi connectivity index (χ0v) is 11.1. The largest absolute Gasteiger partial charge is 0.337 e. The van der Waals surface area contributed by atoms with E-state index in [0.717, 1.165) is 19.4 Å². The molecule has 0 spiro atoms. The number of carbonyl (C=O) groups excluding carboxylic acids is 1. The minimum atomic E-state index is -0.0279. The number of carbonyl (C=O) groups is 1. The van der Waals surface area contributed by atoms with Crippen LogP contribution in [0.3, 0.4) is 0 Å². The standard InChI is InChI=1S/C11H20BrNO/c1-8(2)9(12)10(14)13-7-5-6-11(13,3)4/h8-9H,5-7H2,1-4H3. The minimum absolute atomic E-state index is 0.0279. The first-order valence-corrected chi connectivity index (χ1v) is 6.23. The summed E-state index contributed by atoms with van der Waals surface area (Å²) in [5, 5.41) is 0. The van der Waals surface area contributed by atoms with Crippen LogP contribution in [-0.4, -0.2) is 27.7 Å². The van der Waals surface area contributed by atoms with Crippen molar-refractivity contribution in [2.45, 2.75) is 50.9 Å². The molecular weight excluding hydrogens is 242 g/mol. The summed E-state index contributed by atoms with van der Waals surface area (Å²) >= 11 is 3.48. The maximum atomic E-state index is 12.1. The van der Waals surface area contributed by atoms with Gasteiger partial charge in [0.15, 0.2) is 0 Å². The third-order valence-electron chi connectivity index (χ3n) is 2.99. The van der Waals surface area contributed by atoms with Gasteiger partial charge in [0.2, 0.25) is 5.91 Å². The molecule has 0 aromatic carbocycles. The van der Waals surface area contributed by atoms with Crippen molar-refractivity contribution >= 4 is 21.8 Å². The van der Waals surface area contributed by atoms with Crippen LogP contribution < -0.4 is 0 Å². The summed E-state index contributed by atoms with van der Waals surface area (Å²) in [5.74, 6) is 0.612. The highest BCUT2D eigenvalue weighted by atomic mass is 79.9. The van der Waals surface area contributed by atoms with Gasteiger partial charge in [-0.3, -0.25) is 4.79 Å². The molecule has 1 atom stereocenters. The molecule has 0 radical (unpaired) electrons. The molecule has 1 heterocycles. The van der Waals surface area contributed by atoms with Gasteiger partial charge in [0, 0.05) is 12.1 Å². The van der Waals surface area contributed by atoms with Gasteiger partial charge in [-0.25, -0.2) is 0 Å². The van der Waals surface area contributed by atoms with E-state index in [4.69, 9.17) is 0 Å². The first kappa shape index (κ1) is 12.0. The van der Waals surface area contributed by atoms with Gasteiger partial charge < -0.3 is 4.90 Å². The molecule has 1 unspecified atom stereocenters. The third-order valence-corrected chi connectivity index (χ3v) is 4.44. The molecule has 82 valence electrons. The highest BCUT2D eigenvalue weighted by Gasteiger charge is 2.38. The summed E-state index contributed by atoms with van der Waals surface area (Å²) in [6.07, 6.45) is 2.26. The Bertz CT molecular complexity index is 225. The number of alkyl halides is 1. The smallest absolute Gasteiger partial charge is 0.237 e. The minimum Gasteiger partial charge on any atom is -0.337 e. The molecule has 0 aliphatic carbocycles. The van der Waals surface area contributed by atoms with Gasteiger partial charge >= 0.3 is 0 Å². The predicted octanol–water partition coefficient (Wildman–Crippen LogP) is 2.81. The fourth-order valence-corrected chi connectivity index (χ4v) is 2.20. The molecule has 0 bridgehead atoms. The Kier molecular flexibility index (Phi) is 3.62. The first-order valence-electron chi connectivity index (χ1n) is 5.32. The van der Waals surface area contributed by atoms with Gasteiger partial charge in [-0.2, -0.15) is 0 Å². The van der Waals surface area contributed by atoms with Crippen LogP contribution >= 0.6 is 15.9 Å². The Balaban J connectivity index is 2.70. The van der Waals surface area contributed by atoms with E-state index in [1.54, 1.807) is 0 Å². The highest BCUT2D eigenvalue weighted by Crippen LogP contribution is 2.30. The van der Waals surface area contributed by atoms with E-state index in [2.05, 4.69) is 43.6 Å². The molecule has 14 heavy (non-hydrogen) atoms. The number of rotatable bonds is 2. The summed E-state index contributed by atoms with van der Waals surface area (Å²) in [7, 11) is 0. The van der Waals surface area contributed by atoms with Crippen molar-refractivity contribution in [3.8, 4) is 0 Å². The average molecular weight is 262 g/mol. The van der Waals surface area contributed by atoms with Gasteiger partial charge in [-0.15, -0.1) is 0 Å². The summed E-state index contributed by atoms with van der Waals surface area (Å²) in [6.45, 7) is 9.36. The average Bonchev–Trinajstić information content (AvgIpc) is 2.42. The third kappa shape index (κ3) is 2.30. The Labute approximate surface area is 95.2 Å². The number of nitrogens with zero attached hydrogens (tertiary/aromatic N) is 1. The number of amides is 1. The van der Waals surface area contributed by atoms with Gasteiger partial charge in [0.1, 0.15) is 0 Å². The molecule has 1 aliphatic heterocycles. The van der Waals surface area contributed by atoms with Crippen molar-refractivity contribution in [3.05, 3.63) is 0 Å². The molecule has 0 saturated carbocycles. The van der Waals surface area contributed by atoms with Crippen LogP contribution in [0.1, 0.15) is 40.5 Å². The summed E-state index contributed by atoms with van der Waals surface area (Å²) < 4.78 is 0. The molecule has 0 aromatic heterocycles. The molecule has 1 saturated heterocycles. The lowest BCUT2D eigenvalue weighted by Crippen LogP contribution is -2.47. The van der Waals surface area contributed by atoms with Crippen molar-refractivity contribution in [1.82, 2.24) is 4.90 Å². The monoisotopic (exact) mass is 261 g/mol. The van der Waals surface area contributed by atoms with Gasteiger partial charge in [0.25, 0.3) is 0 Å². The van der Waals surface area contributed by atoms with E-state index in [-0.39, 0.29) is 16.3 Å². The predicted molar refractivity (Wildman–Crippen MR) is 62.6 cm³/mol.